The molecule has 80 valence electrons. The summed E-state index contributed by atoms with van der Waals surface area (Å²) in [4.78, 5) is 3.71. The molecular formula is C10H16ClNS2. The van der Waals surface area contributed by atoms with E-state index in [1.165, 1.54) is 4.88 Å². The first kappa shape index (κ1) is 12.4. The van der Waals surface area contributed by atoms with Crippen LogP contribution in [0.2, 0.25) is 4.34 Å². The Labute approximate surface area is 100 Å². The number of thiophene rings is 1. The van der Waals surface area contributed by atoms with Crippen molar-refractivity contribution in [2.24, 2.45) is 0 Å². The lowest BCUT2D eigenvalue weighted by Crippen LogP contribution is -2.22. The lowest BCUT2D eigenvalue weighted by molar-refractivity contribution is 0.341. The summed E-state index contributed by atoms with van der Waals surface area (Å²) in [6.07, 6.45) is 2.26. The molecule has 14 heavy (non-hydrogen) atoms. The Morgan fingerprint density at radius 1 is 1.43 bits per heavy atom. The molecule has 0 aliphatic carbocycles. The van der Waals surface area contributed by atoms with Crippen LogP contribution in [-0.4, -0.2) is 30.8 Å². The molecule has 0 saturated heterocycles. The van der Waals surface area contributed by atoms with Gasteiger partial charge in [-0.05, 0) is 44.3 Å². The highest BCUT2D eigenvalue weighted by Crippen LogP contribution is 2.21. The fraction of sp³-hybridized carbons (Fsp3) is 0.600. The van der Waals surface area contributed by atoms with Gasteiger partial charge in [0.1, 0.15) is 0 Å². The third-order valence-corrected chi connectivity index (χ3v) is 3.67. The quantitative estimate of drug-likeness (QED) is 0.758. The lowest BCUT2D eigenvalue weighted by Gasteiger charge is -2.14. The summed E-state index contributed by atoms with van der Waals surface area (Å²) in [7, 11) is 2.15. The average Bonchev–Trinajstić information content (AvgIpc) is 2.58. The molecule has 0 bridgehead atoms. The van der Waals surface area contributed by atoms with Crippen LogP contribution in [0.1, 0.15) is 11.3 Å². The highest BCUT2D eigenvalue weighted by Gasteiger charge is 2.01. The van der Waals surface area contributed by atoms with Gasteiger partial charge in [-0.15, -0.1) is 11.3 Å². The number of rotatable bonds is 6. The van der Waals surface area contributed by atoms with Crippen molar-refractivity contribution in [1.82, 2.24) is 4.90 Å². The van der Waals surface area contributed by atoms with Crippen molar-refractivity contribution in [3.8, 4) is 0 Å². The normalized spacial score (nSPS) is 11.1. The Kier molecular flexibility index (Phi) is 5.94. The van der Waals surface area contributed by atoms with Gasteiger partial charge in [-0.25, -0.2) is 0 Å². The largest absolute Gasteiger partial charge is 0.306 e. The molecule has 1 aromatic heterocycles. The minimum Gasteiger partial charge on any atom is -0.306 e. The summed E-state index contributed by atoms with van der Waals surface area (Å²) >= 11 is 11.7. The molecular weight excluding hydrogens is 234 g/mol. The van der Waals surface area contributed by atoms with E-state index in [2.05, 4.69) is 30.6 Å². The molecule has 0 atom stereocenters. The van der Waals surface area contributed by atoms with Crippen LogP contribution in [0.3, 0.4) is 0 Å². The van der Waals surface area contributed by atoms with Gasteiger partial charge >= 0.3 is 0 Å². The topological polar surface area (TPSA) is 3.24 Å². The molecule has 1 aromatic rings. The van der Waals surface area contributed by atoms with Crippen molar-refractivity contribution >= 4 is 35.6 Å². The van der Waals surface area contributed by atoms with E-state index in [-0.39, 0.29) is 0 Å². The second-order valence-corrected chi connectivity index (χ2v) is 5.58. The molecule has 0 aromatic carbocycles. The minimum atomic E-state index is 0.887. The van der Waals surface area contributed by atoms with Gasteiger partial charge < -0.3 is 4.90 Å². The van der Waals surface area contributed by atoms with Crippen LogP contribution in [-0.2, 0) is 6.42 Å². The SMILES string of the molecule is CN(CCCS)CCc1ccc(Cl)s1. The van der Waals surface area contributed by atoms with Crippen LogP contribution in [0.4, 0.5) is 0 Å². The molecule has 1 rings (SSSR count). The zero-order valence-corrected chi connectivity index (χ0v) is 10.8. The number of halogens is 1. The van der Waals surface area contributed by atoms with Crippen molar-refractivity contribution in [2.45, 2.75) is 12.8 Å². The van der Waals surface area contributed by atoms with Gasteiger partial charge in [0.15, 0.2) is 0 Å². The van der Waals surface area contributed by atoms with Crippen LogP contribution in [0.5, 0.6) is 0 Å². The van der Waals surface area contributed by atoms with Crippen molar-refractivity contribution in [3.63, 3.8) is 0 Å². The molecule has 0 unspecified atom stereocenters. The molecule has 0 spiro atoms. The molecule has 4 heteroatoms. The predicted molar refractivity (Wildman–Crippen MR) is 69.0 cm³/mol. The standard InChI is InChI=1S/C10H16ClNS2/c1-12(6-2-8-13)7-5-9-3-4-10(11)14-9/h3-4,13H,2,5-8H2,1H3. The maximum Gasteiger partial charge on any atom is 0.0931 e. The molecule has 0 aliphatic rings. The van der Waals surface area contributed by atoms with E-state index >= 15 is 0 Å². The number of hydrogen-bond acceptors (Lipinski definition) is 3. The van der Waals surface area contributed by atoms with Crippen LogP contribution < -0.4 is 0 Å². The van der Waals surface area contributed by atoms with Crippen molar-refractivity contribution in [1.29, 1.82) is 0 Å². The maximum absolute atomic E-state index is 5.85. The van der Waals surface area contributed by atoms with E-state index in [9.17, 15) is 0 Å². The number of thiol groups is 1. The Morgan fingerprint density at radius 2 is 2.21 bits per heavy atom. The van der Waals surface area contributed by atoms with Gasteiger partial charge in [0.25, 0.3) is 0 Å². The van der Waals surface area contributed by atoms with Crippen LogP contribution in [0, 0.1) is 0 Å². The third-order valence-electron chi connectivity index (χ3n) is 2.07. The fourth-order valence-electron chi connectivity index (χ4n) is 1.24. The maximum atomic E-state index is 5.85. The summed E-state index contributed by atoms with van der Waals surface area (Å²) in [6, 6.07) is 4.08. The number of nitrogens with zero attached hydrogens (tertiary/aromatic N) is 1. The van der Waals surface area contributed by atoms with Crippen LogP contribution in [0.15, 0.2) is 12.1 Å². The first-order valence-electron chi connectivity index (χ1n) is 4.76. The number of hydrogen-bond donors (Lipinski definition) is 1. The molecule has 0 radical (unpaired) electrons. The predicted octanol–water partition coefficient (Wildman–Crippen LogP) is 3.20. The highest BCUT2D eigenvalue weighted by molar-refractivity contribution is 7.80. The Hall–Kier alpha value is 0.300. The second kappa shape index (κ2) is 6.72. The summed E-state index contributed by atoms with van der Waals surface area (Å²) < 4.78 is 0.887. The number of likely N-dealkylation sites (N-methyl/N-ethyl adjacent to an activating group) is 1. The molecule has 0 aliphatic heterocycles. The lowest BCUT2D eigenvalue weighted by atomic mass is 10.3. The zero-order chi connectivity index (χ0) is 10.4. The van der Waals surface area contributed by atoms with Crippen molar-refractivity contribution in [3.05, 3.63) is 21.3 Å². The molecule has 0 N–H and O–H groups in total. The van der Waals surface area contributed by atoms with Gasteiger partial charge in [0.05, 0.1) is 4.34 Å². The van der Waals surface area contributed by atoms with Crippen molar-refractivity contribution in [2.75, 3.05) is 25.9 Å². The Morgan fingerprint density at radius 3 is 2.79 bits per heavy atom. The van der Waals surface area contributed by atoms with E-state index in [1.807, 2.05) is 6.07 Å². The molecule has 0 fully saturated rings. The highest BCUT2D eigenvalue weighted by atomic mass is 35.5. The van der Waals surface area contributed by atoms with Crippen LogP contribution in [0.25, 0.3) is 0 Å². The first-order valence-corrected chi connectivity index (χ1v) is 6.58. The van der Waals surface area contributed by atoms with Gasteiger partial charge in [-0.3, -0.25) is 0 Å². The summed E-state index contributed by atoms with van der Waals surface area (Å²) in [5.74, 6) is 0.967. The van der Waals surface area contributed by atoms with Gasteiger partial charge in [0.2, 0.25) is 0 Å². The van der Waals surface area contributed by atoms with Gasteiger partial charge in [-0.1, -0.05) is 11.6 Å². The Balaban J connectivity index is 2.20. The van der Waals surface area contributed by atoms with Gasteiger partial charge in [0, 0.05) is 11.4 Å². The smallest absolute Gasteiger partial charge is 0.0931 e. The van der Waals surface area contributed by atoms with E-state index in [4.69, 9.17) is 11.6 Å². The Bertz CT molecular complexity index is 262. The summed E-state index contributed by atoms with van der Waals surface area (Å²) in [6.45, 7) is 2.23. The van der Waals surface area contributed by atoms with E-state index in [0.717, 1.165) is 36.0 Å². The molecule has 1 nitrogen and oxygen atoms in total. The van der Waals surface area contributed by atoms with E-state index in [1.54, 1.807) is 11.3 Å². The second-order valence-electron chi connectivity index (χ2n) is 3.34. The van der Waals surface area contributed by atoms with Crippen LogP contribution >= 0.6 is 35.6 Å². The average molecular weight is 250 g/mol. The van der Waals surface area contributed by atoms with E-state index < -0.39 is 0 Å². The first-order chi connectivity index (χ1) is 6.72. The monoisotopic (exact) mass is 249 g/mol. The molecule has 1 heterocycles. The van der Waals surface area contributed by atoms with Gasteiger partial charge in [-0.2, -0.15) is 12.6 Å². The summed E-state index contributed by atoms with van der Waals surface area (Å²) in [5.41, 5.74) is 0. The fourth-order valence-corrected chi connectivity index (χ4v) is 2.46. The zero-order valence-electron chi connectivity index (χ0n) is 8.37. The molecule has 0 amide bonds. The van der Waals surface area contributed by atoms with E-state index in [0.29, 0.717) is 0 Å². The minimum absolute atomic E-state index is 0.887. The third kappa shape index (κ3) is 4.69. The summed E-state index contributed by atoms with van der Waals surface area (Å²) in [5, 5.41) is 0. The van der Waals surface area contributed by atoms with Crippen molar-refractivity contribution < 1.29 is 0 Å². The molecule has 0 saturated carbocycles.